The summed E-state index contributed by atoms with van der Waals surface area (Å²) in [6.45, 7) is 2.71. The van der Waals surface area contributed by atoms with E-state index < -0.39 is 11.0 Å². The second kappa shape index (κ2) is 3.57. The number of carboxylic acid groups (broad SMARTS) is 1. The minimum absolute atomic E-state index is 0.297. The fourth-order valence-electron chi connectivity index (χ4n) is 0.695. The lowest BCUT2D eigenvalue weighted by Crippen LogP contribution is -2.41. The fourth-order valence-corrected chi connectivity index (χ4v) is 0.943. The monoisotopic (exact) mass is 179 g/mol. The molecule has 4 nitrogen and oxygen atoms in total. The van der Waals surface area contributed by atoms with Crippen molar-refractivity contribution in [3.8, 4) is 0 Å². The van der Waals surface area contributed by atoms with E-state index in [-0.39, 0.29) is 12.3 Å². The summed E-state index contributed by atoms with van der Waals surface area (Å²) in [5.41, 5.74) is 0. The first-order chi connectivity index (χ1) is 4.83. The summed E-state index contributed by atoms with van der Waals surface area (Å²) in [7, 11) is 0. The molecule has 5 heteroatoms. The molecular formula is C6H10ClNO3. The summed E-state index contributed by atoms with van der Waals surface area (Å²) in [6.07, 6.45) is -0.297. The van der Waals surface area contributed by atoms with Crippen molar-refractivity contribution in [3.05, 3.63) is 0 Å². The van der Waals surface area contributed by atoms with Crippen LogP contribution in [0.5, 0.6) is 0 Å². The first kappa shape index (κ1) is 10.2. The van der Waals surface area contributed by atoms with Gasteiger partial charge in [0.25, 0.3) is 0 Å². The zero-order valence-corrected chi connectivity index (χ0v) is 7.10. The molecule has 0 rings (SSSR count). The highest BCUT2D eigenvalue weighted by Crippen LogP contribution is 2.14. The Morgan fingerprint density at radius 3 is 2.36 bits per heavy atom. The van der Waals surface area contributed by atoms with Crippen LogP contribution in [0.1, 0.15) is 20.3 Å². The highest BCUT2D eigenvalue weighted by Gasteiger charge is 2.24. The Balaban J connectivity index is 3.99. The third-order valence-corrected chi connectivity index (χ3v) is 1.15. The van der Waals surface area contributed by atoms with Gasteiger partial charge in [-0.05, 0) is 6.92 Å². The number of carbonyl (C=O) groups is 2. The van der Waals surface area contributed by atoms with Crippen LogP contribution in [0.4, 0.5) is 0 Å². The SMILES string of the molecule is CC(=O)NC(C)(Cl)CC(=O)O. The number of halogens is 1. The Morgan fingerprint density at radius 1 is 1.64 bits per heavy atom. The van der Waals surface area contributed by atoms with Crippen molar-refractivity contribution in [2.24, 2.45) is 0 Å². The summed E-state index contributed by atoms with van der Waals surface area (Å²) < 4.78 is 0. The molecule has 1 unspecified atom stereocenters. The molecule has 0 bridgehead atoms. The van der Waals surface area contributed by atoms with Crippen LogP contribution in [0.2, 0.25) is 0 Å². The van der Waals surface area contributed by atoms with E-state index in [1.165, 1.54) is 13.8 Å². The van der Waals surface area contributed by atoms with Crippen LogP contribution in [0.25, 0.3) is 0 Å². The van der Waals surface area contributed by atoms with Gasteiger partial charge < -0.3 is 10.4 Å². The Labute approximate surface area is 69.5 Å². The predicted octanol–water partition coefficient (Wildman–Crippen LogP) is 0.552. The third kappa shape index (κ3) is 5.66. The van der Waals surface area contributed by atoms with Crippen LogP contribution >= 0.6 is 11.6 Å². The fraction of sp³-hybridized carbons (Fsp3) is 0.667. The largest absolute Gasteiger partial charge is 0.481 e. The maximum Gasteiger partial charge on any atom is 0.307 e. The summed E-state index contributed by atoms with van der Waals surface area (Å²) in [5.74, 6) is -1.39. The van der Waals surface area contributed by atoms with Gasteiger partial charge in [-0.2, -0.15) is 0 Å². The number of alkyl halides is 1. The molecule has 1 amide bonds. The standard InChI is InChI=1S/C6H10ClNO3/c1-4(9)8-6(2,7)3-5(10)11/h3H2,1-2H3,(H,8,9)(H,10,11). The van der Waals surface area contributed by atoms with Crippen molar-refractivity contribution in [2.45, 2.75) is 25.3 Å². The van der Waals surface area contributed by atoms with Gasteiger partial charge in [-0.1, -0.05) is 11.6 Å². The Hall–Kier alpha value is -0.770. The molecule has 0 aromatic heterocycles. The van der Waals surface area contributed by atoms with E-state index in [9.17, 15) is 9.59 Å². The van der Waals surface area contributed by atoms with Crippen LogP contribution in [0.3, 0.4) is 0 Å². The van der Waals surface area contributed by atoms with Crippen LogP contribution in [0.15, 0.2) is 0 Å². The van der Waals surface area contributed by atoms with E-state index in [1.807, 2.05) is 0 Å². The molecule has 2 N–H and O–H groups in total. The van der Waals surface area contributed by atoms with Crippen molar-refractivity contribution < 1.29 is 14.7 Å². The number of aliphatic carboxylic acids is 1. The van der Waals surface area contributed by atoms with Gasteiger partial charge in [0.1, 0.15) is 5.00 Å². The van der Waals surface area contributed by atoms with Gasteiger partial charge >= 0.3 is 5.97 Å². The number of nitrogens with one attached hydrogen (secondary N) is 1. The van der Waals surface area contributed by atoms with Crippen molar-refractivity contribution in [3.63, 3.8) is 0 Å². The minimum atomic E-state index is -1.18. The molecule has 0 spiro atoms. The normalized spacial score (nSPS) is 15.2. The van der Waals surface area contributed by atoms with Gasteiger partial charge in [-0.3, -0.25) is 9.59 Å². The van der Waals surface area contributed by atoms with Gasteiger partial charge in [0, 0.05) is 6.92 Å². The van der Waals surface area contributed by atoms with Crippen LogP contribution in [-0.4, -0.2) is 22.0 Å². The average Bonchev–Trinajstić information content (AvgIpc) is 1.53. The molecule has 0 saturated heterocycles. The Morgan fingerprint density at radius 2 is 2.09 bits per heavy atom. The number of amides is 1. The summed E-state index contributed by atoms with van der Waals surface area (Å²) in [6, 6.07) is 0. The third-order valence-electron chi connectivity index (χ3n) is 0.920. The second-order valence-corrected chi connectivity index (χ2v) is 3.28. The lowest BCUT2D eigenvalue weighted by Gasteiger charge is -2.20. The highest BCUT2D eigenvalue weighted by atomic mass is 35.5. The molecule has 0 radical (unpaired) electrons. The molecule has 0 saturated carbocycles. The maximum absolute atomic E-state index is 10.5. The van der Waals surface area contributed by atoms with E-state index in [1.54, 1.807) is 0 Å². The van der Waals surface area contributed by atoms with Gasteiger partial charge in [0.2, 0.25) is 5.91 Å². The predicted molar refractivity (Wildman–Crippen MR) is 40.3 cm³/mol. The van der Waals surface area contributed by atoms with Crippen LogP contribution in [0, 0.1) is 0 Å². The molecule has 0 aliphatic rings. The first-order valence-electron chi connectivity index (χ1n) is 3.03. The molecule has 0 aromatic rings. The van der Waals surface area contributed by atoms with Gasteiger partial charge in [0.15, 0.2) is 0 Å². The summed E-state index contributed by atoms with van der Waals surface area (Å²) in [4.78, 5) is 19.4. The number of hydrogen-bond acceptors (Lipinski definition) is 2. The molecular weight excluding hydrogens is 170 g/mol. The van der Waals surface area contributed by atoms with E-state index in [0.29, 0.717) is 0 Å². The first-order valence-corrected chi connectivity index (χ1v) is 3.41. The Kier molecular flexibility index (Phi) is 3.32. The van der Waals surface area contributed by atoms with Gasteiger partial charge in [-0.15, -0.1) is 0 Å². The zero-order chi connectivity index (χ0) is 9.07. The maximum atomic E-state index is 10.5. The van der Waals surface area contributed by atoms with E-state index in [2.05, 4.69) is 5.32 Å². The smallest absolute Gasteiger partial charge is 0.307 e. The zero-order valence-electron chi connectivity index (χ0n) is 6.35. The number of carbonyl (C=O) groups excluding carboxylic acids is 1. The van der Waals surface area contributed by atoms with E-state index in [0.717, 1.165) is 0 Å². The summed E-state index contributed by atoms with van der Waals surface area (Å²) in [5, 5.41) is 10.6. The topological polar surface area (TPSA) is 66.4 Å². The van der Waals surface area contributed by atoms with Crippen molar-refractivity contribution >= 4 is 23.5 Å². The lowest BCUT2D eigenvalue weighted by molar-refractivity contribution is -0.138. The van der Waals surface area contributed by atoms with Crippen molar-refractivity contribution in [1.82, 2.24) is 5.32 Å². The molecule has 0 aromatic carbocycles. The van der Waals surface area contributed by atoms with Crippen LogP contribution in [-0.2, 0) is 9.59 Å². The molecule has 64 valence electrons. The molecule has 0 fully saturated rings. The van der Waals surface area contributed by atoms with Gasteiger partial charge in [0.05, 0.1) is 6.42 Å². The molecule has 11 heavy (non-hydrogen) atoms. The number of rotatable bonds is 3. The molecule has 0 aliphatic carbocycles. The molecule has 0 heterocycles. The van der Waals surface area contributed by atoms with E-state index >= 15 is 0 Å². The van der Waals surface area contributed by atoms with Crippen molar-refractivity contribution in [2.75, 3.05) is 0 Å². The quantitative estimate of drug-likeness (QED) is 0.491. The van der Waals surface area contributed by atoms with E-state index in [4.69, 9.17) is 16.7 Å². The number of carboxylic acids is 1. The Bertz CT molecular complexity index is 161. The van der Waals surface area contributed by atoms with Gasteiger partial charge in [-0.25, -0.2) is 0 Å². The second-order valence-electron chi connectivity index (χ2n) is 2.45. The summed E-state index contributed by atoms with van der Waals surface area (Å²) >= 11 is 5.61. The van der Waals surface area contributed by atoms with Crippen LogP contribution < -0.4 is 5.32 Å². The number of hydrogen-bond donors (Lipinski definition) is 2. The van der Waals surface area contributed by atoms with Crippen molar-refractivity contribution in [1.29, 1.82) is 0 Å². The lowest BCUT2D eigenvalue weighted by atomic mass is 10.2. The minimum Gasteiger partial charge on any atom is -0.481 e. The highest BCUT2D eigenvalue weighted by molar-refractivity contribution is 6.25. The molecule has 0 aliphatic heterocycles. The average molecular weight is 180 g/mol. The molecule has 1 atom stereocenters.